The van der Waals surface area contributed by atoms with Crippen LogP contribution >= 0.6 is 0 Å². The van der Waals surface area contributed by atoms with Gasteiger partial charge in [-0.25, -0.2) is 0 Å². The Labute approximate surface area is 170 Å². The molecule has 0 aliphatic carbocycles. The van der Waals surface area contributed by atoms with Crippen molar-refractivity contribution in [3.8, 4) is 0 Å². The lowest BCUT2D eigenvalue weighted by Gasteiger charge is -2.22. The highest BCUT2D eigenvalue weighted by Crippen LogP contribution is 2.42. The smallest absolute Gasteiger partial charge is 0.301 e. The van der Waals surface area contributed by atoms with Crippen molar-refractivity contribution in [2.75, 3.05) is 4.90 Å². The number of aromatic nitrogens is 1. The summed E-state index contributed by atoms with van der Waals surface area (Å²) in [5, 5.41) is 25.7. The molecule has 1 fully saturated rings. The summed E-state index contributed by atoms with van der Waals surface area (Å²) in [6.07, 6.45) is 0. The molecule has 2 heterocycles. The standard InChI is InChI=1S/C21H15N3O6/c1-12-11-16(22-30-12)23-18(13-7-9-15(10-8-13)24(28)29)17(20(26)21(23)27)19(25)14-5-3-2-4-6-14/h2-11,18,25H,1H3/b19-17+/t18-/m0/s1. The monoisotopic (exact) mass is 405 g/mol. The molecule has 9 nitrogen and oxygen atoms in total. The normalized spacial score (nSPS) is 18.0. The minimum absolute atomic E-state index is 0.102. The number of nitro benzene ring substituents is 1. The third-order valence-electron chi connectivity index (χ3n) is 4.77. The number of hydrogen-bond acceptors (Lipinski definition) is 7. The molecule has 3 aromatic rings. The quantitative estimate of drug-likeness (QED) is 0.231. The number of rotatable bonds is 4. The van der Waals surface area contributed by atoms with E-state index in [2.05, 4.69) is 5.16 Å². The Kier molecular flexibility index (Phi) is 4.63. The lowest BCUT2D eigenvalue weighted by atomic mass is 9.95. The number of non-ortho nitro benzene ring substituents is 1. The van der Waals surface area contributed by atoms with Crippen molar-refractivity contribution < 1.29 is 24.1 Å². The molecule has 150 valence electrons. The second-order valence-corrected chi connectivity index (χ2v) is 6.68. The predicted octanol–water partition coefficient (Wildman–Crippen LogP) is 3.52. The second-order valence-electron chi connectivity index (χ2n) is 6.68. The molecule has 1 aliphatic rings. The van der Waals surface area contributed by atoms with Crippen LogP contribution in [-0.4, -0.2) is 26.9 Å². The lowest BCUT2D eigenvalue weighted by molar-refractivity contribution is -0.384. The van der Waals surface area contributed by atoms with Gasteiger partial charge >= 0.3 is 5.91 Å². The highest BCUT2D eigenvalue weighted by atomic mass is 16.6. The minimum Gasteiger partial charge on any atom is -0.507 e. The van der Waals surface area contributed by atoms with E-state index >= 15 is 0 Å². The lowest BCUT2D eigenvalue weighted by Crippen LogP contribution is -2.29. The van der Waals surface area contributed by atoms with Crippen LogP contribution in [0.25, 0.3) is 5.76 Å². The van der Waals surface area contributed by atoms with Crippen molar-refractivity contribution in [1.82, 2.24) is 5.16 Å². The zero-order valence-corrected chi connectivity index (χ0v) is 15.7. The van der Waals surface area contributed by atoms with Gasteiger partial charge in [0.25, 0.3) is 11.5 Å². The average molecular weight is 405 g/mol. The van der Waals surface area contributed by atoms with Gasteiger partial charge < -0.3 is 9.63 Å². The van der Waals surface area contributed by atoms with Gasteiger partial charge in [-0.2, -0.15) is 0 Å². The molecule has 30 heavy (non-hydrogen) atoms. The van der Waals surface area contributed by atoms with E-state index in [0.29, 0.717) is 16.9 Å². The van der Waals surface area contributed by atoms with Crippen LogP contribution in [0, 0.1) is 17.0 Å². The summed E-state index contributed by atoms with van der Waals surface area (Å²) in [7, 11) is 0. The number of Topliss-reactive ketones (excluding diaryl/α,β-unsaturated/α-hetero) is 1. The van der Waals surface area contributed by atoms with Crippen LogP contribution in [0.3, 0.4) is 0 Å². The van der Waals surface area contributed by atoms with Crippen molar-refractivity contribution in [3.63, 3.8) is 0 Å². The number of ketones is 1. The number of aliphatic hydroxyl groups is 1. The van der Waals surface area contributed by atoms with Gasteiger partial charge in [-0.05, 0) is 24.6 Å². The van der Waals surface area contributed by atoms with Gasteiger partial charge in [-0.15, -0.1) is 0 Å². The van der Waals surface area contributed by atoms with Gasteiger partial charge in [0.1, 0.15) is 11.5 Å². The van der Waals surface area contributed by atoms with E-state index in [1.807, 2.05) is 0 Å². The number of nitro groups is 1. The van der Waals surface area contributed by atoms with Crippen molar-refractivity contribution >= 4 is 29.0 Å². The maximum atomic E-state index is 12.9. The van der Waals surface area contributed by atoms with E-state index in [4.69, 9.17) is 4.52 Å². The summed E-state index contributed by atoms with van der Waals surface area (Å²) in [6.45, 7) is 1.64. The number of nitrogens with zero attached hydrogens (tertiary/aromatic N) is 3. The average Bonchev–Trinajstić information content (AvgIpc) is 3.29. The van der Waals surface area contributed by atoms with Gasteiger partial charge in [-0.1, -0.05) is 35.5 Å². The maximum absolute atomic E-state index is 12.9. The topological polar surface area (TPSA) is 127 Å². The SMILES string of the molecule is Cc1cc(N2C(=O)C(=O)/C(=C(/O)c3ccccc3)[C@@H]2c2ccc([N+](=O)[O-])cc2)no1. The van der Waals surface area contributed by atoms with Crippen LogP contribution in [0.1, 0.15) is 22.9 Å². The summed E-state index contributed by atoms with van der Waals surface area (Å²) in [6, 6.07) is 14.2. The first-order valence-corrected chi connectivity index (χ1v) is 8.92. The summed E-state index contributed by atoms with van der Waals surface area (Å²) in [4.78, 5) is 37.3. The number of benzene rings is 2. The molecule has 9 heteroatoms. The van der Waals surface area contributed by atoms with Crippen molar-refractivity contribution in [1.29, 1.82) is 0 Å². The predicted molar refractivity (Wildman–Crippen MR) is 106 cm³/mol. The van der Waals surface area contributed by atoms with Crippen LogP contribution in [0.4, 0.5) is 11.5 Å². The van der Waals surface area contributed by atoms with E-state index in [-0.39, 0.29) is 22.8 Å². The Balaban J connectivity index is 1.93. The molecule has 1 N–H and O–H groups in total. The number of carbonyl (C=O) groups is 2. The molecule has 0 radical (unpaired) electrons. The van der Waals surface area contributed by atoms with Crippen molar-refractivity contribution in [3.05, 3.63) is 93.2 Å². The van der Waals surface area contributed by atoms with E-state index in [1.165, 1.54) is 30.3 Å². The van der Waals surface area contributed by atoms with Crippen molar-refractivity contribution in [2.24, 2.45) is 0 Å². The Morgan fingerprint density at radius 2 is 1.80 bits per heavy atom. The zero-order chi connectivity index (χ0) is 21.4. The Morgan fingerprint density at radius 3 is 2.37 bits per heavy atom. The summed E-state index contributed by atoms with van der Waals surface area (Å²) >= 11 is 0. The molecule has 0 bridgehead atoms. The Morgan fingerprint density at radius 1 is 1.13 bits per heavy atom. The fourth-order valence-corrected chi connectivity index (χ4v) is 3.38. The number of hydrogen-bond donors (Lipinski definition) is 1. The number of carbonyl (C=O) groups excluding carboxylic acids is 2. The van der Waals surface area contributed by atoms with E-state index in [0.717, 1.165) is 4.90 Å². The fraction of sp³-hybridized carbons (Fsp3) is 0.0952. The third-order valence-corrected chi connectivity index (χ3v) is 4.77. The first-order valence-electron chi connectivity index (χ1n) is 8.92. The number of amides is 1. The maximum Gasteiger partial charge on any atom is 0.301 e. The summed E-state index contributed by atoms with van der Waals surface area (Å²) in [5.74, 6) is -1.59. The van der Waals surface area contributed by atoms with Crippen molar-refractivity contribution in [2.45, 2.75) is 13.0 Å². The Bertz CT molecular complexity index is 1180. The molecule has 0 spiro atoms. The largest absolute Gasteiger partial charge is 0.507 e. The van der Waals surface area contributed by atoms with Crippen LogP contribution in [0.2, 0.25) is 0 Å². The number of aryl methyl sites for hydroxylation is 1. The van der Waals surface area contributed by atoms with Gasteiger partial charge in [0.05, 0.1) is 16.5 Å². The van der Waals surface area contributed by atoms with E-state index < -0.39 is 22.7 Å². The molecule has 4 rings (SSSR count). The van der Waals surface area contributed by atoms with Crippen LogP contribution in [-0.2, 0) is 9.59 Å². The zero-order valence-electron chi connectivity index (χ0n) is 15.7. The first-order chi connectivity index (χ1) is 14.4. The van der Waals surface area contributed by atoms with Gasteiger partial charge in [-0.3, -0.25) is 24.6 Å². The third kappa shape index (κ3) is 3.12. The number of aliphatic hydroxyl groups excluding tert-OH is 1. The molecule has 1 amide bonds. The molecule has 1 atom stereocenters. The summed E-state index contributed by atoms with van der Waals surface area (Å²) < 4.78 is 5.05. The number of anilines is 1. The molecule has 0 saturated carbocycles. The van der Waals surface area contributed by atoms with Crippen LogP contribution in [0.5, 0.6) is 0 Å². The fourth-order valence-electron chi connectivity index (χ4n) is 3.38. The highest BCUT2D eigenvalue weighted by Gasteiger charge is 2.48. The molecular formula is C21H15N3O6. The van der Waals surface area contributed by atoms with Gasteiger partial charge in [0.15, 0.2) is 5.82 Å². The molecule has 1 saturated heterocycles. The molecular weight excluding hydrogens is 390 g/mol. The first kappa shape index (κ1) is 19.1. The molecule has 1 aromatic heterocycles. The van der Waals surface area contributed by atoms with E-state index in [9.17, 15) is 24.8 Å². The molecule has 0 unspecified atom stereocenters. The van der Waals surface area contributed by atoms with Crippen LogP contribution < -0.4 is 4.90 Å². The van der Waals surface area contributed by atoms with Crippen LogP contribution in [0.15, 0.2) is 70.8 Å². The molecule has 1 aliphatic heterocycles. The second kappa shape index (κ2) is 7.28. The highest BCUT2D eigenvalue weighted by molar-refractivity contribution is 6.51. The van der Waals surface area contributed by atoms with E-state index in [1.54, 1.807) is 37.3 Å². The molecule has 2 aromatic carbocycles. The Hall–Kier alpha value is -4.27. The summed E-state index contributed by atoms with van der Waals surface area (Å²) in [5.41, 5.74) is 0.480. The minimum atomic E-state index is -1.03. The van der Waals surface area contributed by atoms with Gasteiger partial charge in [0, 0.05) is 23.8 Å². The van der Waals surface area contributed by atoms with Gasteiger partial charge in [0.2, 0.25) is 0 Å².